The number of ether oxygens (including phenoxy) is 1. The van der Waals surface area contributed by atoms with Crippen LogP contribution in [0.2, 0.25) is 0 Å². The summed E-state index contributed by atoms with van der Waals surface area (Å²) in [7, 11) is 0. The van der Waals surface area contributed by atoms with E-state index in [1.807, 2.05) is 0 Å². The molecule has 0 N–H and O–H groups in total. The summed E-state index contributed by atoms with van der Waals surface area (Å²) < 4.78 is 33.3. The van der Waals surface area contributed by atoms with E-state index in [1.165, 1.54) is 19.1 Å². The number of carbonyl (C=O) groups excluding carboxylic acids is 2. The average molecular weight is 299 g/mol. The van der Waals surface area contributed by atoms with Gasteiger partial charge in [0, 0.05) is 25.8 Å². The fraction of sp³-hybridized carbons (Fsp3) is 0.429. The van der Waals surface area contributed by atoms with Crippen LogP contribution in [0.15, 0.2) is 24.3 Å². The van der Waals surface area contributed by atoms with Crippen molar-refractivity contribution in [2.24, 2.45) is 0 Å². The summed E-state index contributed by atoms with van der Waals surface area (Å²) in [5.41, 5.74) is 0.396. The molecule has 0 saturated heterocycles. The molecule has 0 aliphatic carbocycles. The first-order valence-corrected chi connectivity index (χ1v) is 6.41. The summed E-state index contributed by atoms with van der Waals surface area (Å²) in [4.78, 5) is 27.2. The monoisotopic (exact) mass is 299 g/mol. The zero-order valence-electron chi connectivity index (χ0n) is 11.6. The van der Waals surface area contributed by atoms with Gasteiger partial charge in [0.2, 0.25) is 0 Å². The van der Waals surface area contributed by atoms with E-state index in [0.717, 1.165) is 12.0 Å². The van der Waals surface area contributed by atoms with Crippen LogP contribution in [0.5, 0.6) is 0 Å². The van der Waals surface area contributed by atoms with E-state index in [9.17, 15) is 18.4 Å². The van der Waals surface area contributed by atoms with Crippen molar-refractivity contribution < 1.29 is 27.9 Å². The predicted octanol–water partition coefficient (Wildman–Crippen LogP) is 2.61. The molecule has 114 valence electrons. The van der Waals surface area contributed by atoms with Crippen LogP contribution in [0.1, 0.15) is 31.9 Å². The molecule has 5 nitrogen and oxygen atoms in total. The van der Waals surface area contributed by atoms with Gasteiger partial charge in [-0.1, -0.05) is 18.2 Å². The van der Waals surface area contributed by atoms with Gasteiger partial charge in [-0.05, 0) is 6.07 Å². The highest BCUT2D eigenvalue weighted by Gasteiger charge is 2.47. The van der Waals surface area contributed by atoms with Crippen LogP contribution in [0.3, 0.4) is 0 Å². The van der Waals surface area contributed by atoms with E-state index < -0.39 is 30.4 Å². The number of esters is 1. The summed E-state index contributed by atoms with van der Waals surface area (Å²) in [5.74, 6) is -4.66. The fourth-order valence-electron chi connectivity index (χ4n) is 2.23. The second-order valence-electron chi connectivity index (χ2n) is 4.74. The molecule has 1 aromatic rings. The van der Waals surface area contributed by atoms with Gasteiger partial charge in [0.25, 0.3) is 5.92 Å². The van der Waals surface area contributed by atoms with Crippen molar-refractivity contribution in [1.29, 1.82) is 0 Å². The normalized spacial score (nSPS) is 20.2. The number of nitrogens with zero attached hydrogens (tertiary/aromatic N) is 1. The number of para-hydroxylation sites is 1. The molecule has 1 atom stereocenters. The summed E-state index contributed by atoms with van der Waals surface area (Å²) in [6.07, 6.45) is -2.31. The highest BCUT2D eigenvalue weighted by molar-refractivity contribution is 5.69. The SMILES string of the molecule is CC(=O)OC1c2ccccc2N(OC(C)=O)CCC1(F)F. The Bertz CT molecular complexity index is 562. The minimum absolute atomic E-state index is 0.108. The molecule has 2 rings (SSSR count). The van der Waals surface area contributed by atoms with E-state index in [0.29, 0.717) is 0 Å². The standard InChI is InChI=1S/C14H15F2NO4/c1-9(18)20-13-11-5-3-4-6-12(11)17(21-10(2)19)8-7-14(13,15)16/h3-6,13H,7-8H2,1-2H3. The molecular weight excluding hydrogens is 284 g/mol. The van der Waals surface area contributed by atoms with Crippen LogP contribution in [0.4, 0.5) is 14.5 Å². The highest BCUT2D eigenvalue weighted by atomic mass is 19.3. The molecule has 0 saturated carbocycles. The predicted molar refractivity (Wildman–Crippen MR) is 69.6 cm³/mol. The Labute approximate surface area is 120 Å². The number of alkyl halides is 2. The molecule has 1 aromatic carbocycles. The molecule has 1 unspecified atom stereocenters. The zero-order valence-corrected chi connectivity index (χ0v) is 11.6. The molecule has 0 radical (unpaired) electrons. The Hall–Kier alpha value is -2.18. The number of rotatable bonds is 2. The van der Waals surface area contributed by atoms with Gasteiger partial charge < -0.3 is 9.57 Å². The molecule has 0 fully saturated rings. The lowest BCUT2D eigenvalue weighted by atomic mass is 10.0. The second kappa shape index (κ2) is 5.67. The smallest absolute Gasteiger partial charge is 0.329 e. The molecule has 7 heteroatoms. The molecule has 0 bridgehead atoms. The number of halogens is 2. The first-order valence-electron chi connectivity index (χ1n) is 6.41. The van der Waals surface area contributed by atoms with Crippen molar-refractivity contribution >= 4 is 17.6 Å². The summed E-state index contributed by atoms with van der Waals surface area (Å²) in [6.45, 7) is 2.07. The van der Waals surface area contributed by atoms with Crippen LogP contribution in [-0.2, 0) is 19.2 Å². The largest absolute Gasteiger partial charge is 0.451 e. The van der Waals surface area contributed by atoms with E-state index >= 15 is 0 Å². The molecule has 1 heterocycles. The van der Waals surface area contributed by atoms with Gasteiger partial charge in [0.1, 0.15) is 0 Å². The topological polar surface area (TPSA) is 55.8 Å². The number of anilines is 1. The molecule has 21 heavy (non-hydrogen) atoms. The number of hydroxylamine groups is 1. The van der Waals surface area contributed by atoms with Gasteiger partial charge in [0.15, 0.2) is 6.10 Å². The maximum Gasteiger partial charge on any atom is 0.329 e. The number of benzene rings is 1. The van der Waals surface area contributed by atoms with Gasteiger partial charge in [-0.25, -0.2) is 13.8 Å². The Balaban J connectivity index is 2.48. The van der Waals surface area contributed by atoms with Gasteiger partial charge in [-0.15, -0.1) is 0 Å². The van der Waals surface area contributed by atoms with Gasteiger partial charge in [-0.2, -0.15) is 0 Å². The number of fused-ring (bicyclic) bond motifs is 1. The lowest BCUT2D eigenvalue weighted by Crippen LogP contribution is -2.31. The molecule has 1 aliphatic heterocycles. The summed E-state index contributed by atoms with van der Waals surface area (Å²) in [6, 6.07) is 6.15. The summed E-state index contributed by atoms with van der Waals surface area (Å²) in [5, 5.41) is 1.11. The third-order valence-electron chi connectivity index (χ3n) is 3.04. The van der Waals surface area contributed by atoms with E-state index in [4.69, 9.17) is 9.57 Å². The molecule has 1 aliphatic rings. The zero-order chi connectivity index (χ0) is 15.6. The molecule has 0 aromatic heterocycles. The average Bonchev–Trinajstić information content (AvgIpc) is 2.48. The lowest BCUT2D eigenvalue weighted by molar-refractivity contribution is -0.173. The van der Waals surface area contributed by atoms with Gasteiger partial charge in [0.05, 0.1) is 12.2 Å². The van der Waals surface area contributed by atoms with E-state index in [2.05, 4.69) is 0 Å². The second-order valence-corrected chi connectivity index (χ2v) is 4.74. The third-order valence-corrected chi connectivity index (χ3v) is 3.04. The van der Waals surface area contributed by atoms with Gasteiger partial charge in [-0.3, -0.25) is 9.59 Å². The molecule has 0 amide bonds. The quantitative estimate of drug-likeness (QED) is 0.786. The minimum Gasteiger partial charge on any atom is -0.451 e. The van der Waals surface area contributed by atoms with Crippen LogP contribution in [-0.4, -0.2) is 24.4 Å². The Morgan fingerprint density at radius 2 is 1.90 bits per heavy atom. The van der Waals surface area contributed by atoms with Crippen molar-refractivity contribution in [2.75, 3.05) is 11.6 Å². The first-order chi connectivity index (χ1) is 9.81. The molecule has 0 spiro atoms. The van der Waals surface area contributed by atoms with Crippen LogP contribution in [0, 0.1) is 0 Å². The Kier molecular flexibility index (Phi) is 4.11. The maximum absolute atomic E-state index is 14.2. The number of carbonyl (C=O) groups is 2. The van der Waals surface area contributed by atoms with E-state index in [1.54, 1.807) is 12.1 Å². The molecular formula is C14H15F2NO4. The van der Waals surface area contributed by atoms with Crippen molar-refractivity contribution in [3.8, 4) is 0 Å². The van der Waals surface area contributed by atoms with Crippen LogP contribution in [0.25, 0.3) is 0 Å². The van der Waals surface area contributed by atoms with Crippen molar-refractivity contribution in [3.05, 3.63) is 29.8 Å². The van der Waals surface area contributed by atoms with E-state index in [-0.39, 0.29) is 17.8 Å². The fourth-order valence-corrected chi connectivity index (χ4v) is 2.23. The van der Waals surface area contributed by atoms with Crippen LogP contribution >= 0.6 is 0 Å². The lowest BCUT2D eigenvalue weighted by Gasteiger charge is -2.25. The highest BCUT2D eigenvalue weighted by Crippen LogP contribution is 2.44. The third kappa shape index (κ3) is 3.29. The maximum atomic E-state index is 14.2. The Morgan fingerprint density at radius 3 is 2.52 bits per heavy atom. The van der Waals surface area contributed by atoms with Crippen molar-refractivity contribution in [2.45, 2.75) is 32.3 Å². The first kappa shape index (κ1) is 15.2. The van der Waals surface area contributed by atoms with Crippen LogP contribution < -0.4 is 5.06 Å². The van der Waals surface area contributed by atoms with Crippen molar-refractivity contribution in [1.82, 2.24) is 0 Å². The Morgan fingerprint density at radius 1 is 1.24 bits per heavy atom. The number of hydrogen-bond acceptors (Lipinski definition) is 5. The van der Waals surface area contributed by atoms with Gasteiger partial charge >= 0.3 is 11.9 Å². The minimum atomic E-state index is -3.25. The summed E-state index contributed by atoms with van der Waals surface area (Å²) >= 11 is 0. The number of hydrogen-bond donors (Lipinski definition) is 0. The van der Waals surface area contributed by atoms with Crippen molar-refractivity contribution in [3.63, 3.8) is 0 Å².